The van der Waals surface area contributed by atoms with Gasteiger partial charge >= 0.3 is 35.2 Å². The second-order valence-electron chi connectivity index (χ2n) is 18.4. The minimum absolute atomic E-state index is 0. The van der Waals surface area contributed by atoms with Crippen molar-refractivity contribution in [2.24, 2.45) is 0 Å². The van der Waals surface area contributed by atoms with Gasteiger partial charge in [0.15, 0.2) is 20.4 Å². The molecule has 0 amide bonds. The Bertz CT molecular complexity index is 4360. The van der Waals surface area contributed by atoms with E-state index in [-0.39, 0.29) is 92.4 Å². The molecule has 8 aromatic carbocycles. The SMILES string of the molecule is CCOOC.CNc1ccc(-c2nc3ccc(O)cc3s2)cc1[18F].COCOc1ccc2nc(-c3ccc(N)c([18F])c3)sc2c1.COCOc1ccc2nc(-c3ccc([N+](=O)[O-])c(Cl)c3)sc2c1.COCOc1ccc2nc(-c3ccc([N+](=O)[O-])c([18F])c3)sc2c1.[18FH].[B].[H-].[Na+]. The summed E-state index contributed by atoms with van der Waals surface area (Å²) in [4.78, 5) is 46.6. The summed E-state index contributed by atoms with van der Waals surface area (Å²) < 4.78 is 75.4. The third-order valence-electron chi connectivity index (χ3n) is 12.2. The van der Waals surface area contributed by atoms with E-state index in [1.165, 1.54) is 83.8 Å². The van der Waals surface area contributed by atoms with Crippen LogP contribution in [-0.2, 0) is 24.0 Å². The number of ether oxygens (including phenoxy) is 6. The number of aromatic nitrogens is 4. The molecule has 4 aromatic heterocycles. The van der Waals surface area contributed by atoms with Crippen molar-refractivity contribution >= 4 is 129 Å². The fourth-order valence-corrected chi connectivity index (χ4v) is 12.2. The molecule has 32 heteroatoms. The quantitative estimate of drug-likeness (QED) is 0.0137. The van der Waals surface area contributed by atoms with Crippen molar-refractivity contribution in [2.75, 3.05) is 73.5 Å². The molecule has 0 fully saturated rings. The number of methoxy groups -OCH3 is 3. The number of benzene rings is 8. The number of phenols is 1. The summed E-state index contributed by atoms with van der Waals surface area (Å²) in [6, 6.07) is 39.5. The van der Waals surface area contributed by atoms with Crippen LogP contribution in [0.3, 0.4) is 0 Å². The molecule has 485 valence electrons. The molecule has 4 heterocycles. The van der Waals surface area contributed by atoms with E-state index in [4.69, 9.17) is 45.8 Å². The number of halogens is 5. The van der Waals surface area contributed by atoms with Gasteiger partial charge < -0.3 is 46.0 Å². The maximum atomic E-state index is 13.7. The molecule has 12 aromatic rings. The number of thiazole rings is 4. The van der Waals surface area contributed by atoms with E-state index < -0.39 is 27.2 Å². The maximum Gasteiger partial charge on any atom is 1.00 e. The first-order valence-corrected chi connectivity index (χ1v) is 30.3. The number of nitrogen functional groups attached to an aromatic ring is 1. The van der Waals surface area contributed by atoms with Gasteiger partial charge in [0.25, 0.3) is 5.69 Å². The van der Waals surface area contributed by atoms with Crippen LogP contribution in [0.1, 0.15) is 8.35 Å². The minimum Gasteiger partial charge on any atom is -1.00 e. The van der Waals surface area contributed by atoms with Crippen LogP contribution in [0.5, 0.6) is 23.0 Å². The van der Waals surface area contributed by atoms with Gasteiger partial charge in [-0.05, 0) is 140 Å². The van der Waals surface area contributed by atoms with Crippen LogP contribution >= 0.6 is 56.9 Å². The molecule has 3 radical (unpaired) electrons. The monoisotopic (exact) mass is 1390 g/mol. The van der Waals surface area contributed by atoms with Crippen molar-refractivity contribution in [1.29, 1.82) is 0 Å². The van der Waals surface area contributed by atoms with Gasteiger partial charge in [-0.3, -0.25) is 24.9 Å². The van der Waals surface area contributed by atoms with Crippen molar-refractivity contribution in [3.8, 4) is 65.3 Å². The van der Waals surface area contributed by atoms with Crippen LogP contribution in [0.25, 0.3) is 83.2 Å². The molecule has 0 aliphatic heterocycles. The van der Waals surface area contributed by atoms with Crippen LogP contribution in [0.15, 0.2) is 146 Å². The molecule has 0 unspecified atom stereocenters. The van der Waals surface area contributed by atoms with Crippen LogP contribution < -0.4 is 54.8 Å². The summed E-state index contributed by atoms with van der Waals surface area (Å²) >= 11 is 11.7. The average molecular weight is 1390 g/mol. The van der Waals surface area contributed by atoms with Gasteiger partial charge in [-0.15, -0.1) is 45.3 Å². The van der Waals surface area contributed by atoms with Crippen molar-refractivity contribution in [3.63, 3.8) is 0 Å². The number of fused-ring (bicyclic) bond motifs is 4. The van der Waals surface area contributed by atoms with Gasteiger partial charge in [-0.1, -0.05) is 11.6 Å². The van der Waals surface area contributed by atoms with Gasteiger partial charge in [0, 0.05) is 71.2 Å². The second-order valence-corrected chi connectivity index (χ2v) is 22.9. The number of nitro groups is 2. The Morgan fingerprint density at radius 1 is 0.543 bits per heavy atom. The number of nitrogens with one attached hydrogen (secondary N) is 1. The van der Waals surface area contributed by atoms with E-state index in [1.54, 1.807) is 81.9 Å². The van der Waals surface area contributed by atoms with Gasteiger partial charge in [-0.25, -0.2) is 38.5 Å². The van der Waals surface area contributed by atoms with E-state index in [2.05, 4.69) is 35.0 Å². The molecule has 0 spiro atoms. The summed E-state index contributed by atoms with van der Waals surface area (Å²) in [5.74, 6) is 0.636. The first kappa shape index (κ1) is 76.5. The molecule has 4 N–H and O–H groups in total. The molecule has 12 rings (SSSR count). The minimum atomic E-state index is -0.879. The predicted molar refractivity (Wildman–Crippen MR) is 360 cm³/mol. The van der Waals surface area contributed by atoms with E-state index in [1.807, 2.05) is 55.5 Å². The number of nitrogens with zero attached hydrogens (tertiary/aromatic N) is 6. The first-order valence-electron chi connectivity index (χ1n) is 26.7. The van der Waals surface area contributed by atoms with E-state index >= 15 is 0 Å². The van der Waals surface area contributed by atoms with E-state index in [0.717, 1.165) is 79.1 Å². The van der Waals surface area contributed by atoms with Gasteiger partial charge in [0.1, 0.15) is 59.7 Å². The van der Waals surface area contributed by atoms with Crippen molar-refractivity contribution in [3.05, 3.63) is 188 Å². The van der Waals surface area contributed by atoms with Crippen LogP contribution in [-0.4, -0.2) is 106 Å². The van der Waals surface area contributed by atoms with Crippen molar-refractivity contribution < 1.29 is 102 Å². The van der Waals surface area contributed by atoms with Crippen molar-refractivity contribution in [2.45, 2.75) is 6.92 Å². The summed E-state index contributed by atoms with van der Waals surface area (Å²) in [5, 5.41) is 36.6. The summed E-state index contributed by atoms with van der Waals surface area (Å²) in [7, 11) is 7.83. The summed E-state index contributed by atoms with van der Waals surface area (Å²) in [6.45, 7) is 3.00. The number of anilines is 2. The summed E-state index contributed by atoms with van der Waals surface area (Å²) in [6.07, 6.45) is 0. The number of nitro benzene ring substituents is 2. The standard InChI is InChI=1S/C15H11ClN2O4S.C15H11FN2O4S.C15H13FN2O2S.C14H11FN2OS.C3H8O2.B.FH.Na.H/c2*1-21-8-22-10-3-4-12-14(7-10)23-15(17-12)9-2-5-13(18(19)20)11(16)6-9;1-19-8-20-10-3-5-13-14(7-10)21-15(18-13)9-2-4-12(17)11(16)6-9;1-16-11-4-2-8(6-10(11)15)14-17-12-5-3-9(18)7-13(12)19-14;1-3-5-4-2;;;;/h2*2-7H,8H2,1H3;2-7H,8,17H2,1H3;2-7,16,18H,1H3;3H2,1-2H3;;1H;;/q;;;;;;;+1;-1/i;2*16-1;15-1;;;1-1;;. The molecule has 21 nitrogen and oxygen atoms in total. The Morgan fingerprint density at radius 2 is 0.915 bits per heavy atom. The number of rotatable bonds is 18. The number of phenolic OH excluding ortho intramolecular Hbond substituents is 1. The van der Waals surface area contributed by atoms with Crippen LogP contribution in [0.4, 0.5) is 40.6 Å². The Balaban J connectivity index is 0.000000260. The van der Waals surface area contributed by atoms with Gasteiger partial charge in [0.05, 0.1) is 75.8 Å². The molecule has 0 atom stereocenters. The average Bonchev–Trinajstić information content (AvgIpc) is 1.80. The Kier molecular flexibility index (Phi) is 30.1. The first-order chi connectivity index (χ1) is 43.9. The zero-order chi connectivity index (χ0) is 65.1. The molecule has 0 saturated heterocycles. The normalized spacial score (nSPS) is 10.4. The zero-order valence-corrected chi connectivity index (χ0v) is 56.9. The molecular weight excluding hydrogens is 1330 g/mol. The van der Waals surface area contributed by atoms with Crippen LogP contribution in [0, 0.1) is 37.7 Å². The fraction of sp³-hybridized carbons (Fsp3) is 0.161. The Hall–Kier alpha value is -8.21. The molecule has 94 heavy (non-hydrogen) atoms. The smallest absolute Gasteiger partial charge is 1.00 e. The van der Waals surface area contributed by atoms with Crippen LogP contribution in [0.2, 0.25) is 5.02 Å². The third-order valence-corrected chi connectivity index (χ3v) is 16.8. The number of nitrogens with two attached hydrogens (primary N) is 1. The number of hydrogen-bond acceptors (Lipinski definition) is 23. The number of hydrogen-bond donors (Lipinski definition) is 3. The van der Waals surface area contributed by atoms with E-state index in [0.29, 0.717) is 45.7 Å². The predicted octanol–water partition coefficient (Wildman–Crippen LogP) is 13.5. The number of aromatic hydroxyl groups is 1. The zero-order valence-electron chi connectivity index (χ0n) is 51.9. The molecule has 0 aliphatic rings. The third kappa shape index (κ3) is 20.4. The topological polar surface area (TPSA) is 270 Å². The summed E-state index contributed by atoms with van der Waals surface area (Å²) in [5.41, 5.74) is 11.3. The molecule has 0 saturated carbocycles. The Morgan fingerprint density at radius 3 is 1.27 bits per heavy atom. The van der Waals surface area contributed by atoms with Gasteiger partial charge in [-0.2, -0.15) is 4.39 Å². The molecule has 0 bridgehead atoms. The fourth-order valence-electron chi connectivity index (χ4n) is 7.98. The largest absolute Gasteiger partial charge is 1.00 e. The molecular formula is C62H56BClF4N8NaO13S4. The van der Waals surface area contributed by atoms with Crippen molar-refractivity contribution in [1.82, 2.24) is 19.9 Å². The maximum absolute atomic E-state index is 13.7. The molecule has 0 aliphatic carbocycles. The van der Waals surface area contributed by atoms with Gasteiger partial charge in [0.2, 0.25) is 5.82 Å². The Labute approximate surface area is 580 Å². The van der Waals surface area contributed by atoms with E-state index in [9.17, 15) is 38.5 Å². The second kappa shape index (κ2) is 37.0.